The van der Waals surface area contributed by atoms with E-state index in [0.717, 1.165) is 57.4 Å². The maximum atomic E-state index is 12.7. The van der Waals surface area contributed by atoms with Crippen LogP contribution in [-0.4, -0.2) is 67.9 Å². The molecule has 0 radical (unpaired) electrons. The van der Waals surface area contributed by atoms with Gasteiger partial charge >= 0.3 is 0 Å². The number of carbonyl (C=O) groups excluding carboxylic acids is 1. The van der Waals surface area contributed by atoms with E-state index in [1.165, 1.54) is 0 Å². The average molecular weight is 448 g/mol. The van der Waals surface area contributed by atoms with Crippen LogP contribution in [0.2, 0.25) is 0 Å². The van der Waals surface area contributed by atoms with Crippen LogP contribution in [-0.2, 0) is 9.53 Å². The first-order chi connectivity index (χ1) is 13.1. The highest BCUT2D eigenvalue weighted by atomic mass is 35.5. The number of benzene rings is 1. The number of carbonyl (C=O) groups is 1. The van der Waals surface area contributed by atoms with Crippen LogP contribution in [0.5, 0.6) is 0 Å². The first kappa shape index (κ1) is 26.1. The normalized spacial score (nSPS) is 20.8. The van der Waals surface area contributed by atoms with Crippen LogP contribution < -0.4 is 10.6 Å². The van der Waals surface area contributed by atoms with Crippen molar-refractivity contribution in [2.75, 3.05) is 46.4 Å². The SMILES string of the molecule is COC1(C(=O)NCC2CCN(CC(O)c3ccccc3)CC2)CCNCC1.Cl.Cl. The van der Waals surface area contributed by atoms with Gasteiger partial charge in [0.05, 0.1) is 6.10 Å². The number of hydrogen-bond donors (Lipinski definition) is 3. The van der Waals surface area contributed by atoms with Gasteiger partial charge in [-0.05, 0) is 63.3 Å². The topological polar surface area (TPSA) is 73.8 Å². The van der Waals surface area contributed by atoms with E-state index in [1.807, 2.05) is 30.3 Å². The summed E-state index contributed by atoms with van der Waals surface area (Å²) in [6, 6.07) is 9.83. The monoisotopic (exact) mass is 447 g/mol. The van der Waals surface area contributed by atoms with E-state index in [1.54, 1.807) is 7.11 Å². The van der Waals surface area contributed by atoms with E-state index >= 15 is 0 Å². The fourth-order valence-corrected chi connectivity index (χ4v) is 4.15. The zero-order valence-corrected chi connectivity index (χ0v) is 18.8. The van der Waals surface area contributed by atoms with Gasteiger partial charge < -0.3 is 25.4 Å². The van der Waals surface area contributed by atoms with Crippen LogP contribution in [0.3, 0.4) is 0 Å². The third-order valence-electron chi connectivity index (χ3n) is 6.09. The Balaban J connectivity index is 0.00000210. The summed E-state index contributed by atoms with van der Waals surface area (Å²) in [5.41, 5.74) is 0.310. The Morgan fingerprint density at radius 3 is 2.45 bits per heavy atom. The molecule has 3 N–H and O–H groups in total. The number of nitrogens with one attached hydrogen (secondary N) is 2. The molecule has 1 aromatic carbocycles. The summed E-state index contributed by atoms with van der Waals surface area (Å²) in [5.74, 6) is 0.531. The van der Waals surface area contributed by atoms with Gasteiger partial charge in [-0.15, -0.1) is 24.8 Å². The van der Waals surface area contributed by atoms with Gasteiger partial charge in [0.2, 0.25) is 0 Å². The second kappa shape index (κ2) is 12.7. The minimum Gasteiger partial charge on any atom is -0.387 e. The predicted molar refractivity (Wildman–Crippen MR) is 120 cm³/mol. The number of β-amino-alcohol motifs (C(OH)–C–C–N with tert-alkyl or cyclic N) is 1. The van der Waals surface area contributed by atoms with Crippen LogP contribution in [0.1, 0.15) is 37.4 Å². The van der Waals surface area contributed by atoms with Gasteiger partial charge in [-0.3, -0.25) is 4.79 Å². The summed E-state index contributed by atoms with van der Waals surface area (Å²) in [7, 11) is 1.64. The van der Waals surface area contributed by atoms with Crippen LogP contribution in [0, 0.1) is 5.92 Å². The van der Waals surface area contributed by atoms with Crippen molar-refractivity contribution in [2.45, 2.75) is 37.4 Å². The summed E-state index contributed by atoms with van der Waals surface area (Å²) in [6.07, 6.45) is 3.10. The van der Waals surface area contributed by atoms with Gasteiger partial charge in [0.25, 0.3) is 5.91 Å². The highest BCUT2D eigenvalue weighted by molar-refractivity contribution is 5.86. The predicted octanol–water partition coefficient (Wildman–Crippen LogP) is 2.16. The minimum atomic E-state index is -0.661. The number of aliphatic hydroxyl groups excluding tert-OH is 1. The second-order valence-corrected chi connectivity index (χ2v) is 7.83. The van der Waals surface area contributed by atoms with Crippen LogP contribution in [0.25, 0.3) is 0 Å². The lowest BCUT2D eigenvalue weighted by Crippen LogP contribution is -2.55. The molecule has 1 aromatic rings. The van der Waals surface area contributed by atoms with Crippen LogP contribution >= 0.6 is 24.8 Å². The Bertz CT molecular complexity index is 592. The molecule has 0 spiro atoms. The molecule has 6 nitrogen and oxygen atoms in total. The Kier molecular flexibility index (Phi) is 11.5. The number of hydrogen-bond acceptors (Lipinski definition) is 5. The van der Waals surface area contributed by atoms with Crippen molar-refractivity contribution < 1.29 is 14.6 Å². The van der Waals surface area contributed by atoms with E-state index < -0.39 is 11.7 Å². The molecular weight excluding hydrogens is 413 g/mol. The maximum Gasteiger partial charge on any atom is 0.252 e. The number of piperidine rings is 2. The maximum absolute atomic E-state index is 12.7. The molecule has 166 valence electrons. The van der Waals surface area contributed by atoms with Crippen LogP contribution in [0.4, 0.5) is 0 Å². The van der Waals surface area contributed by atoms with Gasteiger partial charge in [-0.25, -0.2) is 0 Å². The van der Waals surface area contributed by atoms with E-state index in [2.05, 4.69) is 15.5 Å². The number of aliphatic hydroxyl groups is 1. The van der Waals surface area contributed by atoms with Crippen molar-refractivity contribution in [2.24, 2.45) is 5.92 Å². The Morgan fingerprint density at radius 1 is 1.24 bits per heavy atom. The number of rotatable bonds is 7. The van der Waals surface area contributed by atoms with Crippen molar-refractivity contribution in [3.8, 4) is 0 Å². The molecule has 3 rings (SSSR count). The molecule has 0 saturated carbocycles. The van der Waals surface area contributed by atoms with Crippen molar-refractivity contribution in [3.05, 3.63) is 35.9 Å². The lowest BCUT2D eigenvalue weighted by molar-refractivity contribution is -0.147. The zero-order chi connectivity index (χ0) is 19.1. The summed E-state index contributed by atoms with van der Waals surface area (Å²) < 4.78 is 5.60. The molecule has 2 aliphatic heterocycles. The fraction of sp³-hybridized carbons (Fsp3) is 0.667. The molecule has 1 amide bonds. The van der Waals surface area contributed by atoms with Gasteiger partial charge in [0.15, 0.2) is 0 Å². The number of methoxy groups -OCH3 is 1. The van der Waals surface area contributed by atoms with E-state index in [0.29, 0.717) is 19.0 Å². The molecule has 2 aliphatic rings. The highest BCUT2D eigenvalue weighted by Crippen LogP contribution is 2.24. The summed E-state index contributed by atoms with van der Waals surface area (Å²) in [5, 5.41) is 16.8. The number of halogens is 2. The van der Waals surface area contributed by atoms with E-state index in [4.69, 9.17) is 4.74 Å². The smallest absolute Gasteiger partial charge is 0.252 e. The Morgan fingerprint density at radius 2 is 1.86 bits per heavy atom. The molecule has 8 heteroatoms. The number of likely N-dealkylation sites (tertiary alicyclic amines) is 1. The first-order valence-corrected chi connectivity index (χ1v) is 10.1. The number of amides is 1. The quantitative estimate of drug-likeness (QED) is 0.596. The third-order valence-corrected chi connectivity index (χ3v) is 6.09. The second-order valence-electron chi connectivity index (χ2n) is 7.83. The molecule has 0 bridgehead atoms. The van der Waals surface area contributed by atoms with Gasteiger partial charge in [0.1, 0.15) is 5.60 Å². The zero-order valence-electron chi connectivity index (χ0n) is 17.1. The highest BCUT2D eigenvalue weighted by Gasteiger charge is 2.39. The van der Waals surface area contributed by atoms with Crippen LogP contribution in [0.15, 0.2) is 30.3 Å². The molecular formula is C21H35Cl2N3O3. The summed E-state index contributed by atoms with van der Waals surface area (Å²) in [4.78, 5) is 15.0. The Labute approximate surface area is 186 Å². The average Bonchev–Trinajstić information content (AvgIpc) is 2.74. The molecule has 0 aromatic heterocycles. The van der Waals surface area contributed by atoms with Crippen molar-refractivity contribution in [3.63, 3.8) is 0 Å². The lowest BCUT2D eigenvalue weighted by atomic mass is 9.90. The summed E-state index contributed by atoms with van der Waals surface area (Å²) in [6.45, 7) is 4.95. The molecule has 2 fully saturated rings. The summed E-state index contributed by atoms with van der Waals surface area (Å²) >= 11 is 0. The molecule has 29 heavy (non-hydrogen) atoms. The largest absolute Gasteiger partial charge is 0.387 e. The minimum absolute atomic E-state index is 0. The molecule has 0 aliphatic carbocycles. The van der Waals surface area contributed by atoms with E-state index in [9.17, 15) is 9.90 Å². The molecule has 2 heterocycles. The number of nitrogens with zero attached hydrogens (tertiary/aromatic N) is 1. The van der Waals surface area contributed by atoms with Gasteiger partial charge in [0, 0.05) is 20.2 Å². The number of ether oxygens (including phenoxy) is 1. The van der Waals surface area contributed by atoms with E-state index in [-0.39, 0.29) is 30.7 Å². The standard InChI is InChI=1S/C21H33N3O3.2ClH/c1-27-21(9-11-22-12-10-21)20(26)23-15-17-7-13-24(14-8-17)16-19(25)18-5-3-2-4-6-18;;/h2-6,17,19,22,25H,7-16H2,1H3,(H,23,26);2*1H. The van der Waals surface area contributed by atoms with Gasteiger partial charge in [-0.2, -0.15) is 0 Å². The fourth-order valence-electron chi connectivity index (χ4n) is 4.15. The van der Waals surface area contributed by atoms with Crippen molar-refractivity contribution in [1.82, 2.24) is 15.5 Å². The third kappa shape index (κ3) is 7.09. The van der Waals surface area contributed by atoms with Crippen molar-refractivity contribution in [1.29, 1.82) is 0 Å². The molecule has 1 atom stereocenters. The molecule has 2 saturated heterocycles. The Hall–Kier alpha value is -0.890. The van der Waals surface area contributed by atoms with Gasteiger partial charge in [-0.1, -0.05) is 30.3 Å². The van der Waals surface area contributed by atoms with Crippen molar-refractivity contribution >= 4 is 30.7 Å². The lowest BCUT2D eigenvalue weighted by Gasteiger charge is -2.36. The molecule has 1 unspecified atom stereocenters. The first-order valence-electron chi connectivity index (χ1n) is 10.1.